The fourth-order valence-corrected chi connectivity index (χ4v) is 2.19. The summed E-state index contributed by atoms with van der Waals surface area (Å²) in [6.07, 6.45) is 2.35. The van der Waals surface area contributed by atoms with Gasteiger partial charge in [0.1, 0.15) is 5.78 Å². The molecule has 0 aromatic rings. The number of methoxy groups -OCH3 is 1. The number of Topliss-reactive ketones (excluding diaryl/α,β-unsaturated/α-hetero) is 1. The van der Waals surface area contributed by atoms with E-state index in [1.807, 2.05) is 6.92 Å². The van der Waals surface area contributed by atoms with Crippen molar-refractivity contribution in [2.75, 3.05) is 20.3 Å². The number of carbonyl (C=O) groups excluding carboxylic acids is 2. The monoisotopic (exact) mass is 258 g/mol. The molecule has 0 amide bonds. The topological polar surface area (TPSA) is 61.8 Å². The minimum Gasteiger partial charge on any atom is -0.469 e. The second-order valence-electron chi connectivity index (χ2n) is 4.85. The second kappa shape index (κ2) is 6.85. The van der Waals surface area contributed by atoms with E-state index < -0.39 is 5.79 Å². The van der Waals surface area contributed by atoms with Crippen LogP contribution in [0.1, 0.15) is 39.5 Å². The van der Waals surface area contributed by atoms with Crippen LogP contribution in [0.4, 0.5) is 0 Å². The summed E-state index contributed by atoms with van der Waals surface area (Å²) in [4.78, 5) is 22.6. The Bertz CT molecular complexity index is 294. The van der Waals surface area contributed by atoms with Gasteiger partial charge in [0.05, 0.1) is 26.2 Å². The van der Waals surface area contributed by atoms with Crippen molar-refractivity contribution in [2.45, 2.75) is 45.3 Å². The molecular weight excluding hydrogens is 236 g/mol. The maximum Gasteiger partial charge on any atom is 0.309 e. The molecule has 0 saturated carbocycles. The van der Waals surface area contributed by atoms with E-state index in [9.17, 15) is 9.59 Å². The SMILES string of the molecule is COC(=O)C(CCCC1(C)OCCO1)CC(C)=O. The largest absolute Gasteiger partial charge is 0.469 e. The standard InChI is InChI=1S/C13H22O5/c1-10(14)9-11(12(15)16-3)5-4-6-13(2)17-7-8-18-13/h11H,4-9H2,1-3H3. The lowest BCUT2D eigenvalue weighted by molar-refractivity contribution is -0.152. The summed E-state index contributed by atoms with van der Waals surface area (Å²) >= 11 is 0. The third kappa shape index (κ3) is 4.74. The van der Waals surface area contributed by atoms with Gasteiger partial charge >= 0.3 is 5.97 Å². The van der Waals surface area contributed by atoms with Gasteiger partial charge < -0.3 is 19.0 Å². The van der Waals surface area contributed by atoms with Crippen molar-refractivity contribution in [3.05, 3.63) is 0 Å². The Morgan fingerprint density at radius 3 is 2.44 bits per heavy atom. The first-order chi connectivity index (χ1) is 8.47. The first-order valence-electron chi connectivity index (χ1n) is 6.32. The van der Waals surface area contributed by atoms with Gasteiger partial charge in [-0.15, -0.1) is 0 Å². The molecule has 1 rings (SSSR count). The van der Waals surface area contributed by atoms with Gasteiger partial charge in [-0.25, -0.2) is 0 Å². The van der Waals surface area contributed by atoms with Crippen LogP contribution in [-0.4, -0.2) is 37.9 Å². The zero-order valence-corrected chi connectivity index (χ0v) is 11.4. The van der Waals surface area contributed by atoms with Crippen LogP contribution in [0.2, 0.25) is 0 Å². The maximum atomic E-state index is 11.5. The molecule has 0 aromatic carbocycles. The molecule has 1 saturated heterocycles. The van der Waals surface area contributed by atoms with Crippen LogP contribution in [0.15, 0.2) is 0 Å². The highest BCUT2D eigenvalue weighted by Crippen LogP contribution is 2.26. The van der Waals surface area contributed by atoms with E-state index in [0.717, 1.165) is 12.8 Å². The minimum atomic E-state index is -0.531. The van der Waals surface area contributed by atoms with Crippen LogP contribution in [0.3, 0.4) is 0 Å². The summed E-state index contributed by atoms with van der Waals surface area (Å²) in [7, 11) is 1.35. The predicted octanol–water partition coefficient (Wildman–Crippen LogP) is 1.69. The van der Waals surface area contributed by atoms with Crippen molar-refractivity contribution in [3.8, 4) is 0 Å². The Morgan fingerprint density at radius 2 is 1.94 bits per heavy atom. The molecule has 18 heavy (non-hydrogen) atoms. The summed E-state index contributed by atoms with van der Waals surface area (Å²) in [6, 6.07) is 0. The highest BCUT2D eigenvalue weighted by atomic mass is 16.7. The Hall–Kier alpha value is -0.940. The van der Waals surface area contributed by atoms with E-state index in [-0.39, 0.29) is 24.1 Å². The smallest absolute Gasteiger partial charge is 0.309 e. The number of hydrogen-bond donors (Lipinski definition) is 0. The van der Waals surface area contributed by atoms with E-state index >= 15 is 0 Å². The van der Waals surface area contributed by atoms with E-state index in [1.54, 1.807) is 0 Å². The van der Waals surface area contributed by atoms with Crippen molar-refractivity contribution in [1.29, 1.82) is 0 Å². The molecule has 0 aromatic heterocycles. The molecule has 5 heteroatoms. The van der Waals surface area contributed by atoms with Crippen molar-refractivity contribution < 1.29 is 23.8 Å². The molecule has 1 aliphatic rings. The van der Waals surface area contributed by atoms with Crippen molar-refractivity contribution >= 4 is 11.8 Å². The number of ether oxygens (including phenoxy) is 3. The predicted molar refractivity (Wildman–Crippen MR) is 65.0 cm³/mol. The highest BCUT2D eigenvalue weighted by molar-refractivity contribution is 5.82. The highest BCUT2D eigenvalue weighted by Gasteiger charge is 2.31. The van der Waals surface area contributed by atoms with Gasteiger partial charge in [-0.2, -0.15) is 0 Å². The third-order valence-electron chi connectivity index (χ3n) is 3.15. The average molecular weight is 258 g/mol. The van der Waals surface area contributed by atoms with E-state index in [2.05, 4.69) is 0 Å². The van der Waals surface area contributed by atoms with Gasteiger partial charge in [0.25, 0.3) is 0 Å². The van der Waals surface area contributed by atoms with Gasteiger partial charge in [-0.05, 0) is 26.7 Å². The van der Waals surface area contributed by atoms with Gasteiger partial charge in [-0.3, -0.25) is 4.79 Å². The minimum absolute atomic E-state index is 0.00461. The lowest BCUT2D eigenvalue weighted by Gasteiger charge is -2.23. The zero-order chi connectivity index (χ0) is 13.6. The molecule has 0 spiro atoms. The van der Waals surface area contributed by atoms with Crippen LogP contribution < -0.4 is 0 Å². The van der Waals surface area contributed by atoms with Crippen molar-refractivity contribution in [1.82, 2.24) is 0 Å². The molecule has 1 unspecified atom stereocenters. The molecule has 0 bridgehead atoms. The first kappa shape index (κ1) is 15.1. The number of esters is 1. The first-order valence-corrected chi connectivity index (χ1v) is 6.32. The summed E-state index contributed by atoms with van der Waals surface area (Å²) < 4.78 is 15.7. The summed E-state index contributed by atoms with van der Waals surface area (Å²) in [5.41, 5.74) is 0. The fourth-order valence-electron chi connectivity index (χ4n) is 2.19. The van der Waals surface area contributed by atoms with Crippen molar-refractivity contribution in [3.63, 3.8) is 0 Å². The number of rotatable bonds is 7. The summed E-state index contributed by atoms with van der Waals surface area (Å²) in [5, 5.41) is 0. The van der Waals surface area contributed by atoms with Gasteiger partial charge in [-0.1, -0.05) is 0 Å². The molecule has 0 radical (unpaired) electrons. The Kier molecular flexibility index (Phi) is 5.75. The maximum absolute atomic E-state index is 11.5. The Balaban J connectivity index is 2.36. The number of ketones is 1. The molecule has 1 aliphatic heterocycles. The third-order valence-corrected chi connectivity index (χ3v) is 3.15. The van der Waals surface area contributed by atoms with Crippen LogP contribution in [0.5, 0.6) is 0 Å². The number of hydrogen-bond acceptors (Lipinski definition) is 5. The van der Waals surface area contributed by atoms with Gasteiger partial charge in [0.2, 0.25) is 0 Å². The lowest BCUT2D eigenvalue weighted by atomic mass is 9.95. The Morgan fingerprint density at radius 1 is 1.33 bits per heavy atom. The fraction of sp³-hybridized carbons (Fsp3) is 0.846. The van der Waals surface area contributed by atoms with Crippen molar-refractivity contribution in [2.24, 2.45) is 5.92 Å². The number of carbonyl (C=O) groups is 2. The van der Waals surface area contributed by atoms with Crippen LogP contribution in [0.25, 0.3) is 0 Å². The van der Waals surface area contributed by atoms with E-state index in [4.69, 9.17) is 14.2 Å². The molecule has 5 nitrogen and oxygen atoms in total. The zero-order valence-electron chi connectivity index (χ0n) is 11.4. The van der Waals surface area contributed by atoms with Crippen LogP contribution in [0, 0.1) is 5.92 Å². The van der Waals surface area contributed by atoms with Crippen LogP contribution in [-0.2, 0) is 23.8 Å². The molecule has 1 atom stereocenters. The quantitative estimate of drug-likeness (QED) is 0.650. The molecule has 1 heterocycles. The molecular formula is C13H22O5. The summed E-state index contributed by atoms with van der Waals surface area (Å²) in [5.74, 6) is -1.19. The van der Waals surface area contributed by atoms with E-state index in [0.29, 0.717) is 19.6 Å². The van der Waals surface area contributed by atoms with Gasteiger partial charge in [0, 0.05) is 12.8 Å². The van der Waals surface area contributed by atoms with Crippen LogP contribution >= 0.6 is 0 Å². The van der Waals surface area contributed by atoms with E-state index in [1.165, 1.54) is 14.0 Å². The molecule has 0 N–H and O–H groups in total. The summed E-state index contributed by atoms with van der Waals surface area (Å²) in [6.45, 7) is 4.62. The van der Waals surface area contributed by atoms with Gasteiger partial charge in [0.15, 0.2) is 5.79 Å². The molecule has 0 aliphatic carbocycles. The lowest BCUT2D eigenvalue weighted by Crippen LogP contribution is -2.26. The Labute approximate surface area is 108 Å². The molecule has 1 fully saturated rings. The normalized spacial score (nSPS) is 19.5. The molecule has 104 valence electrons. The average Bonchev–Trinajstić information content (AvgIpc) is 2.73. The second-order valence-corrected chi connectivity index (χ2v) is 4.85.